The van der Waals surface area contributed by atoms with Crippen LogP contribution in [0.2, 0.25) is 0 Å². The number of nitrogens with one attached hydrogen (secondary N) is 2. The molecule has 0 atom stereocenters. The summed E-state index contributed by atoms with van der Waals surface area (Å²) >= 11 is 0. The zero-order chi connectivity index (χ0) is 16.4. The van der Waals surface area contributed by atoms with E-state index in [0.717, 1.165) is 34.4 Å². The summed E-state index contributed by atoms with van der Waals surface area (Å²) in [4.78, 5) is 8.94. The molecule has 0 spiro atoms. The molecule has 1 aliphatic heterocycles. The van der Waals surface area contributed by atoms with Crippen LogP contribution in [0, 0.1) is 6.92 Å². The molecule has 0 saturated heterocycles. The van der Waals surface area contributed by atoms with Crippen LogP contribution in [0.5, 0.6) is 11.5 Å². The monoisotopic (exact) mass is 320 g/mol. The van der Waals surface area contributed by atoms with Crippen molar-refractivity contribution in [3.8, 4) is 11.5 Å². The lowest BCUT2D eigenvalue weighted by molar-refractivity contribution is 0.174. The molecule has 4 rings (SSSR count). The molecule has 2 aromatic carbocycles. The highest BCUT2D eigenvalue weighted by Gasteiger charge is 2.13. The molecular formula is C18H16N4O2. The molecule has 1 aromatic heterocycles. The molecule has 0 fully saturated rings. The van der Waals surface area contributed by atoms with Crippen LogP contribution in [0.4, 0.5) is 23.1 Å². The number of hydrogen-bond acceptors (Lipinski definition) is 6. The predicted octanol–water partition coefficient (Wildman–Crippen LogP) is 4.00. The van der Waals surface area contributed by atoms with Crippen molar-refractivity contribution in [1.29, 1.82) is 0 Å². The van der Waals surface area contributed by atoms with E-state index in [4.69, 9.17) is 9.47 Å². The van der Waals surface area contributed by atoms with Gasteiger partial charge in [0.05, 0.1) is 0 Å². The number of hydrogen-bond donors (Lipinski definition) is 2. The molecule has 1 aliphatic rings. The minimum atomic E-state index is 0.255. The van der Waals surface area contributed by atoms with Gasteiger partial charge < -0.3 is 20.1 Å². The van der Waals surface area contributed by atoms with E-state index < -0.39 is 0 Å². The number of aromatic nitrogens is 2. The van der Waals surface area contributed by atoms with Crippen molar-refractivity contribution >= 4 is 23.1 Å². The van der Waals surface area contributed by atoms with Crippen LogP contribution in [-0.4, -0.2) is 16.8 Å². The molecule has 0 bridgehead atoms. The Morgan fingerprint density at radius 3 is 2.54 bits per heavy atom. The summed E-state index contributed by atoms with van der Waals surface area (Å²) in [5, 5.41) is 6.48. The molecule has 24 heavy (non-hydrogen) atoms. The zero-order valence-electron chi connectivity index (χ0n) is 13.1. The van der Waals surface area contributed by atoms with Gasteiger partial charge in [-0.3, -0.25) is 0 Å². The van der Waals surface area contributed by atoms with Gasteiger partial charge in [0.2, 0.25) is 12.7 Å². The summed E-state index contributed by atoms with van der Waals surface area (Å²) in [7, 11) is 0. The largest absolute Gasteiger partial charge is 0.454 e. The van der Waals surface area contributed by atoms with E-state index in [9.17, 15) is 0 Å². The first kappa shape index (κ1) is 14.3. The summed E-state index contributed by atoms with van der Waals surface area (Å²) in [5.74, 6) is 2.72. The van der Waals surface area contributed by atoms with Crippen LogP contribution in [0.15, 0.2) is 54.6 Å². The second-order valence-electron chi connectivity index (χ2n) is 5.40. The molecule has 2 heterocycles. The summed E-state index contributed by atoms with van der Waals surface area (Å²) in [6.07, 6.45) is 0. The topological polar surface area (TPSA) is 68.3 Å². The Bertz CT molecular complexity index is 868. The fraction of sp³-hybridized carbons (Fsp3) is 0.111. The Morgan fingerprint density at radius 1 is 0.833 bits per heavy atom. The second-order valence-corrected chi connectivity index (χ2v) is 5.40. The first-order chi connectivity index (χ1) is 11.8. The maximum absolute atomic E-state index is 5.39. The maximum Gasteiger partial charge on any atom is 0.231 e. The van der Waals surface area contributed by atoms with Crippen molar-refractivity contribution in [2.24, 2.45) is 0 Å². The van der Waals surface area contributed by atoms with Crippen LogP contribution >= 0.6 is 0 Å². The summed E-state index contributed by atoms with van der Waals surface area (Å²) < 4.78 is 10.7. The van der Waals surface area contributed by atoms with E-state index in [0.29, 0.717) is 5.95 Å². The molecule has 2 N–H and O–H groups in total. The number of ether oxygens (including phenoxy) is 2. The van der Waals surface area contributed by atoms with E-state index in [1.54, 1.807) is 0 Å². The molecule has 0 unspecified atom stereocenters. The van der Waals surface area contributed by atoms with Gasteiger partial charge in [-0.25, -0.2) is 4.98 Å². The number of aryl methyl sites for hydroxylation is 1. The SMILES string of the molecule is Cc1cc(Nc2ccccc2)nc(Nc2ccc3c(c2)OCO3)n1. The van der Waals surface area contributed by atoms with Crippen LogP contribution in [0.25, 0.3) is 0 Å². The zero-order valence-corrected chi connectivity index (χ0v) is 13.1. The molecule has 0 radical (unpaired) electrons. The van der Waals surface area contributed by atoms with Gasteiger partial charge in [-0.15, -0.1) is 0 Å². The van der Waals surface area contributed by atoms with Gasteiger partial charge in [0.25, 0.3) is 0 Å². The molecule has 6 heteroatoms. The number of para-hydroxylation sites is 1. The van der Waals surface area contributed by atoms with E-state index >= 15 is 0 Å². The fourth-order valence-electron chi connectivity index (χ4n) is 2.46. The molecule has 120 valence electrons. The highest BCUT2D eigenvalue weighted by atomic mass is 16.7. The minimum Gasteiger partial charge on any atom is -0.454 e. The van der Waals surface area contributed by atoms with Crippen LogP contribution in [-0.2, 0) is 0 Å². The highest BCUT2D eigenvalue weighted by molar-refractivity contribution is 5.62. The molecular weight excluding hydrogens is 304 g/mol. The van der Waals surface area contributed by atoms with Crippen molar-refractivity contribution in [2.45, 2.75) is 6.92 Å². The Morgan fingerprint density at radius 2 is 1.67 bits per heavy atom. The number of benzene rings is 2. The van der Waals surface area contributed by atoms with Gasteiger partial charge >= 0.3 is 0 Å². The van der Waals surface area contributed by atoms with Gasteiger partial charge in [0.1, 0.15) is 5.82 Å². The maximum atomic E-state index is 5.39. The number of fused-ring (bicyclic) bond motifs is 1. The van der Waals surface area contributed by atoms with Crippen molar-refractivity contribution in [2.75, 3.05) is 17.4 Å². The van der Waals surface area contributed by atoms with Gasteiger partial charge in [-0.05, 0) is 31.2 Å². The van der Waals surface area contributed by atoms with Gasteiger partial charge in [-0.1, -0.05) is 18.2 Å². The highest BCUT2D eigenvalue weighted by Crippen LogP contribution is 2.34. The van der Waals surface area contributed by atoms with Gasteiger partial charge in [-0.2, -0.15) is 4.98 Å². The molecule has 0 saturated carbocycles. The minimum absolute atomic E-state index is 0.255. The summed E-state index contributed by atoms with van der Waals surface area (Å²) in [5.41, 5.74) is 2.69. The van der Waals surface area contributed by atoms with E-state index in [1.807, 2.05) is 61.5 Å². The number of nitrogens with zero attached hydrogens (tertiary/aromatic N) is 2. The van der Waals surface area contributed by atoms with Gasteiger partial charge in [0.15, 0.2) is 11.5 Å². The standard InChI is InChI=1S/C18H16N4O2/c1-12-9-17(20-13-5-3-2-4-6-13)22-18(19-12)21-14-7-8-15-16(10-14)24-11-23-15/h2-10H,11H2,1H3,(H2,19,20,21,22). The van der Waals surface area contributed by atoms with E-state index in [1.165, 1.54) is 0 Å². The number of rotatable bonds is 4. The quantitative estimate of drug-likeness (QED) is 0.757. The van der Waals surface area contributed by atoms with Crippen molar-refractivity contribution in [3.05, 3.63) is 60.3 Å². The first-order valence-electron chi connectivity index (χ1n) is 7.61. The van der Waals surface area contributed by atoms with E-state index in [-0.39, 0.29) is 6.79 Å². The third kappa shape index (κ3) is 3.08. The third-order valence-corrected chi connectivity index (χ3v) is 3.53. The Kier molecular flexibility index (Phi) is 3.63. The van der Waals surface area contributed by atoms with Crippen molar-refractivity contribution in [3.63, 3.8) is 0 Å². The Labute approximate surface area is 139 Å². The normalized spacial score (nSPS) is 12.0. The van der Waals surface area contributed by atoms with Crippen LogP contribution in [0.3, 0.4) is 0 Å². The lowest BCUT2D eigenvalue weighted by Crippen LogP contribution is -2.02. The molecule has 3 aromatic rings. The van der Waals surface area contributed by atoms with Crippen molar-refractivity contribution < 1.29 is 9.47 Å². The predicted molar refractivity (Wildman–Crippen MR) is 92.3 cm³/mol. The Hall–Kier alpha value is -3.28. The lowest BCUT2D eigenvalue weighted by atomic mass is 10.3. The fourth-order valence-corrected chi connectivity index (χ4v) is 2.46. The van der Waals surface area contributed by atoms with Crippen LogP contribution < -0.4 is 20.1 Å². The Balaban J connectivity index is 1.57. The first-order valence-corrected chi connectivity index (χ1v) is 7.61. The van der Waals surface area contributed by atoms with E-state index in [2.05, 4.69) is 20.6 Å². The summed E-state index contributed by atoms with van der Waals surface area (Å²) in [6, 6.07) is 17.4. The summed E-state index contributed by atoms with van der Waals surface area (Å²) in [6.45, 7) is 2.19. The number of anilines is 4. The van der Waals surface area contributed by atoms with Crippen LogP contribution in [0.1, 0.15) is 5.69 Å². The lowest BCUT2D eigenvalue weighted by Gasteiger charge is -2.10. The average molecular weight is 320 g/mol. The van der Waals surface area contributed by atoms with Gasteiger partial charge in [0, 0.05) is 29.2 Å². The average Bonchev–Trinajstić information content (AvgIpc) is 3.03. The molecule has 0 amide bonds. The smallest absolute Gasteiger partial charge is 0.231 e. The third-order valence-electron chi connectivity index (χ3n) is 3.53. The molecule has 0 aliphatic carbocycles. The van der Waals surface area contributed by atoms with Crippen molar-refractivity contribution in [1.82, 2.24) is 9.97 Å². The second kappa shape index (κ2) is 6.08. The molecule has 6 nitrogen and oxygen atoms in total.